The topological polar surface area (TPSA) is 63.1 Å². The molecule has 168 valence electrons. The highest BCUT2D eigenvalue weighted by Crippen LogP contribution is 2.36. The van der Waals surface area contributed by atoms with E-state index in [0.717, 1.165) is 38.1 Å². The van der Waals surface area contributed by atoms with E-state index in [0.29, 0.717) is 0 Å². The number of carbonyl (C=O) groups excluding carboxylic acids is 1. The molecule has 3 rings (SSSR count). The molecule has 0 aromatic carbocycles. The van der Waals surface area contributed by atoms with Gasteiger partial charge in [-0.25, -0.2) is 4.79 Å². The summed E-state index contributed by atoms with van der Waals surface area (Å²) in [5.74, 6) is 0. The summed E-state index contributed by atoms with van der Waals surface area (Å²) in [6.45, 7) is 16.2. The zero-order chi connectivity index (χ0) is 22.3. The lowest BCUT2D eigenvalue weighted by atomic mass is 9.82. The second-order valence-electron chi connectivity index (χ2n) is 10.0. The van der Waals surface area contributed by atoms with Crippen molar-refractivity contribution < 1.29 is 14.1 Å². The number of rotatable bonds is 5. The van der Waals surface area contributed by atoms with E-state index in [1.807, 2.05) is 36.1 Å². The lowest BCUT2D eigenvalue weighted by Gasteiger charge is -2.45. The number of hydrogen-bond acceptors (Lipinski definition) is 5. The molecule has 8 nitrogen and oxygen atoms in total. The normalized spacial score (nSPS) is 26.3. The van der Waals surface area contributed by atoms with Crippen molar-refractivity contribution in [2.75, 3.05) is 33.7 Å². The molecule has 30 heavy (non-hydrogen) atoms. The number of aromatic nitrogens is 2. The minimum absolute atomic E-state index is 0.0985. The van der Waals surface area contributed by atoms with Crippen LogP contribution in [0.1, 0.15) is 48.0 Å². The molecule has 2 saturated heterocycles. The van der Waals surface area contributed by atoms with Gasteiger partial charge in [0.2, 0.25) is 0 Å². The Kier molecular flexibility index (Phi) is 6.55. The number of piperazine rings is 1. The highest BCUT2D eigenvalue weighted by molar-refractivity contribution is 6.61. The van der Waals surface area contributed by atoms with Gasteiger partial charge in [-0.15, -0.1) is 0 Å². The molecule has 2 fully saturated rings. The van der Waals surface area contributed by atoms with Crippen LogP contribution in [0, 0.1) is 0 Å². The summed E-state index contributed by atoms with van der Waals surface area (Å²) in [6.07, 6.45) is 4.88. The summed E-state index contributed by atoms with van der Waals surface area (Å²) >= 11 is 0. The minimum Gasteiger partial charge on any atom is -0.399 e. The van der Waals surface area contributed by atoms with Crippen molar-refractivity contribution in [2.45, 2.75) is 77.8 Å². The summed E-state index contributed by atoms with van der Waals surface area (Å²) in [5, 5.41) is 4.50. The zero-order valence-corrected chi connectivity index (χ0v) is 19.9. The van der Waals surface area contributed by atoms with Gasteiger partial charge in [0.25, 0.3) is 0 Å². The predicted octanol–water partition coefficient (Wildman–Crippen LogP) is 1.65. The molecule has 2 amide bonds. The third kappa shape index (κ3) is 4.68. The number of hydrogen-bond donors (Lipinski definition) is 0. The standard InChI is InChI=1S/C21H38BN5O3/c1-16-13-25(14-17(2)27(16)19(28)24(7)8)10-9-11-26-15-18(12-23-26)22-29-20(3,4)21(5,6)30-22/h12,15-17H,9-11,13-14H2,1-8H3/t16-,17+. The van der Waals surface area contributed by atoms with Gasteiger partial charge in [0.1, 0.15) is 0 Å². The highest BCUT2D eigenvalue weighted by atomic mass is 16.7. The average Bonchev–Trinajstić information content (AvgIpc) is 3.16. The first-order valence-electron chi connectivity index (χ1n) is 11.0. The van der Waals surface area contributed by atoms with Crippen molar-refractivity contribution in [1.82, 2.24) is 24.5 Å². The fraction of sp³-hybridized carbons (Fsp3) is 0.810. The van der Waals surface area contributed by atoms with Gasteiger partial charge >= 0.3 is 13.1 Å². The van der Waals surface area contributed by atoms with Gasteiger partial charge in [0, 0.05) is 70.2 Å². The molecule has 2 aliphatic heterocycles. The first-order chi connectivity index (χ1) is 13.9. The van der Waals surface area contributed by atoms with Crippen LogP contribution >= 0.6 is 0 Å². The highest BCUT2D eigenvalue weighted by Gasteiger charge is 2.52. The van der Waals surface area contributed by atoms with Gasteiger partial charge in [0.15, 0.2) is 0 Å². The summed E-state index contributed by atoms with van der Waals surface area (Å²) in [6, 6.07) is 0.521. The van der Waals surface area contributed by atoms with E-state index < -0.39 is 0 Å². The molecule has 1 aromatic rings. The van der Waals surface area contributed by atoms with Crippen LogP contribution in [0.5, 0.6) is 0 Å². The number of carbonyl (C=O) groups is 1. The molecule has 2 aliphatic rings. The van der Waals surface area contributed by atoms with Crippen LogP contribution in [0.25, 0.3) is 0 Å². The maximum atomic E-state index is 12.4. The summed E-state index contributed by atoms with van der Waals surface area (Å²) < 4.78 is 14.2. The van der Waals surface area contributed by atoms with Gasteiger partial charge in [-0.1, -0.05) is 0 Å². The summed E-state index contributed by atoms with van der Waals surface area (Å²) in [7, 11) is 3.26. The van der Waals surface area contributed by atoms with Crippen molar-refractivity contribution in [3.8, 4) is 0 Å². The fourth-order valence-corrected chi connectivity index (χ4v) is 4.28. The third-order valence-corrected chi connectivity index (χ3v) is 6.64. The number of amides is 2. The second-order valence-corrected chi connectivity index (χ2v) is 10.0. The Morgan fingerprint density at radius 2 is 1.70 bits per heavy atom. The molecule has 0 bridgehead atoms. The quantitative estimate of drug-likeness (QED) is 0.680. The van der Waals surface area contributed by atoms with Crippen LogP contribution in [0.2, 0.25) is 0 Å². The molecule has 0 aliphatic carbocycles. The Bertz CT molecular complexity index is 723. The minimum atomic E-state index is -0.368. The third-order valence-electron chi connectivity index (χ3n) is 6.64. The SMILES string of the molecule is C[C@@H]1CN(CCCn2cc(B3OC(C)(C)C(C)(C)O3)cn2)C[C@H](C)N1C(=O)N(C)C. The largest absolute Gasteiger partial charge is 0.498 e. The Morgan fingerprint density at radius 3 is 2.23 bits per heavy atom. The van der Waals surface area contributed by atoms with Gasteiger partial charge in [0.05, 0.1) is 11.2 Å². The molecule has 0 saturated carbocycles. The first kappa shape index (κ1) is 23.1. The van der Waals surface area contributed by atoms with Gasteiger partial charge in [-0.05, 0) is 48.0 Å². The molecule has 2 atom stereocenters. The number of nitrogens with zero attached hydrogens (tertiary/aromatic N) is 5. The van der Waals surface area contributed by atoms with E-state index in [9.17, 15) is 4.79 Å². The average molecular weight is 419 g/mol. The van der Waals surface area contributed by atoms with Crippen molar-refractivity contribution in [3.05, 3.63) is 12.4 Å². The Labute approximate surface area is 181 Å². The van der Waals surface area contributed by atoms with Crippen molar-refractivity contribution >= 4 is 18.6 Å². The van der Waals surface area contributed by atoms with E-state index in [1.165, 1.54) is 0 Å². The van der Waals surface area contributed by atoms with E-state index in [2.05, 4.69) is 51.5 Å². The predicted molar refractivity (Wildman–Crippen MR) is 119 cm³/mol. The molecule has 3 heterocycles. The molecule has 0 N–H and O–H groups in total. The molecule has 9 heteroatoms. The first-order valence-corrected chi connectivity index (χ1v) is 11.0. The second kappa shape index (κ2) is 8.51. The molecular formula is C21H38BN5O3. The molecule has 1 aromatic heterocycles. The van der Waals surface area contributed by atoms with Crippen molar-refractivity contribution in [1.29, 1.82) is 0 Å². The smallest absolute Gasteiger partial charge is 0.399 e. The monoisotopic (exact) mass is 419 g/mol. The number of urea groups is 1. The van der Waals surface area contributed by atoms with Gasteiger partial charge in [-0.2, -0.15) is 5.10 Å². The Morgan fingerprint density at radius 1 is 1.13 bits per heavy atom. The van der Waals surface area contributed by atoms with Crippen LogP contribution in [0.15, 0.2) is 12.4 Å². The molecule has 0 spiro atoms. The van der Waals surface area contributed by atoms with E-state index in [-0.39, 0.29) is 36.4 Å². The lowest BCUT2D eigenvalue weighted by Crippen LogP contribution is -2.60. The Balaban J connectivity index is 1.49. The molecule has 0 radical (unpaired) electrons. The molecule has 0 unspecified atom stereocenters. The van der Waals surface area contributed by atoms with Crippen LogP contribution in [-0.4, -0.2) is 94.6 Å². The van der Waals surface area contributed by atoms with Crippen LogP contribution in [-0.2, 0) is 15.9 Å². The fourth-order valence-electron chi connectivity index (χ4n) is 4.28. The number of aryl methyl sites for hydroxylation is 1. The van der Waals surface area contributed by atoms with Crippen LogP contribution in [0.3, 0.4) is 0 Å². The molecular weight excluding hydrogens is 381 g/mol. The van der Waals surface area contributed by atoms with Gasteiger partial charge < -0.3 is 19.1 Å². The van der Waals surface area contributed by atoms with Crippen LogP contribution < -0.4 is 5.46 Å². The van der Waals surface area contributed by atoms with Crippen LogP contribution in [0.4, 0.5) is 4.79 Å². The van der Waals surface area contributed by atoms with Gasteiger partial charge in [-0.3, -0.25) is 9.58 Å². The summed E-state index contributed by atoms with van der Waals surface area (Å²) in [4.78, 5) is 18.5. The summed E-state index contributed by atoms with van der Waals surface area (Å²) in [5.41, 5.74) is 0.277. The van der Waals surface area contributed by atoms with Crippen molar-refractivity contribution in [3.63, 3.8) is 0 Å². The Hall–Kier alpha value is -1.58. The lowest BCUT2D eigenvalue weighted by molar-refractivity contribution is 0.00578. The van der Waals surface area contributed by atoms with E-state index in [4.69, 9.17) is 9.31 Å². The zero-order valence-electron chi connectivity index (χ0n) is 19.9. The maximum Gasteiger partial charge on any atom is 0.498 e. The van der Waals surface area contributed by atoms with E-state index in [1.54, 1.807) is 4.90 Å². The van der Waals surface area contributed by atoms with Crippen molar-refractivity contribution in [2.24, 2.45) is 0 Å². The maximum absolute atomic E-state index is 12.4. The van der Waals surface area contributed by atoms with E-state index >= 15 is 0 Å².